The maximum atomic E-state index is 10.4. The van der Waals surface area contributed by atoms with Gasteiger partial charge in [-0.1, -0.05) is 0 Å². The molecule has 0 bridgehead atoms. The van der Waals surface area contributed by atoms with Gasteiger partial charge >= 0.3 is 7.32 Å². The highest BCUT2D eigenvalue weighted by Gasteiger charge is 2.31. The van der Waals surface area contributed by atoms with E-state index in [-0.39, 0.29) is 17.1 Å². The van der Waals surface area contributed by atoms with Gasteiger partial charge in [0.25, 0.3) is 5.69 Å². The van der Waals surface area contributed by atoms with Crippen LogP contribution in [0.15, 0.2) is 18.2 Å². The smallest absolute Gasteiger partial charge is 0.512 e. The third kappa shape index (κ3) is 6.72. The summed E-state index contributed by atoms with van der Waals surface area (Å²) in [5.74, 6) is -0.0408. The average Bonchev–Trinajstić information content (AvgIpc) is 2.28. The van der Waals surface area contributed by atoms with Crippen molar-refractivity contribution in [3.63, 3.8) is 0 Å². The lowest BCUT2D eigenvalue weighted by Gasteiger charge is -2.31. The lowest BCUT2D eigenvalue weighted by atomic mass is 9.90. The highest BCUT2D eigenvalue weighted by molar-refractivity contribution is 6.33. The molecule has 0 aliphatic heterocycles. The van der Waals surface area contributed by atoms with Gasteiger partial charge in [-0.15, -0.1) is 0 Å². The Morgan fingerprint density at radius 2 is 1.64 bits per heavy atom. The van der Waals surface area contributed by atoms with E-state index in [1.54, 1.807) is 27.7 Å². The number of rotatable bonds is 4. The van der Waals surface area contributed by atoms with Crippen LogP contribution in [0.4, 0.5) is 11.4 Å². The van der Waals surface area contributed by atoms with Gasteiger partial charge in [0.1, 0.15) is 11.4 Å². The number of aliphatic hydroxyl groups is 2. The predicted molar refractivity (Wildman–Crippen MR) is 80.9 cm³/mol. The molecule has 0 radical (unpaired) electrons. The molecule has 0 unspecified atom stereocenters. The number of hydrogen-bond acceptors (Lipinski definition) is 8. The zero-order chi connectivity index (χ0) is 17.7. The number of benzene rings is 1. The van der Waals surface area contributed by atoms with E-state index in [1.165, 1.54) is 12.1 Å². The second-order valence-electron chi connectivity index (χ2n) is 5.54. The van der Waals surface area contributed by atoms with Gasteiger partial charge in [0.15, 0.2) is 0 Å². The van der Waals surface area contributed by atoms with Gasteiger partial charge in [-0.25, -0.2) is 0 Å². The maximum absolute atomic E-state index is 10.4. The van der Waals surface area contributed by atoms with Gasteiger partial charge in [0.05, 0.1) is 22.2 Å². The van der Waals surface area contributed by atoms with Gasteiger partial charge in [0.2, 0.25) is 0 Å². The summed E-state index contributed by atoms with van der Waals surface area (Å²) in [5, 5.41) is 45.5. The van der Waals surface area contributed by atoms with Crippen LogP contribution in [0.1, 0.15) is 27.7 Å². The molecule has 1 aromatic carbocycles. The quantitative estimate of drug-likeness (QED) is 0.225. The van der Waals surface area contributed by atoms with Crippen molar-refractivity contribution in [3.8, 4) is 5.75 Å². The fourth-order valence-electron chi connectivity index (χ4n) is 0.877. The maximum Gasteiger partial charge on any atom is 0.707 e. The van der Waals surface area contributed by atoms with Gasteiger partial charge in [-0.3, -0.25) is 10.1 Å². The first-order valence-corrected chi connectivity index (χ1v) is 6.27. The molecule has 0 saturated carbocycles. The fourth-order valence-corrected chi connectivity index (χ4v) is 0.877. The Hall–Kier alpha value is -1.88. The van der Waals surface area contributed by atoms with Crippen molar-refractivity contribution in [3.05, 3.63) is 28.3 Å². The topological polar surface area (TPSA) is 159 Å². The molecule has 6 N–H and O–H groups in total. The van der Waals surface area contributed by atoms with Crippen LogP contribution < -0.4 is 10.4 Å². The van der Waals surface area contributed by atoms with Gasteiger partial charge in [-0.2, -0.15) is 0 Å². The summed E-state index contributed by atoms with van der Waals surface area (Å²) in [6, 6.07) is 3.55. The lowest BCUT2D eigenvalue weighted by molar-refractivity contribution is -0.383. The van der Waals surface area contributed by atoms with E-state index < -0.39 is 23.4 Å². The molecule has 0 atom stereocenters. The van der Waals surface area contributed by atoms with Gasteiger partial charge in [-0.05, 0) is 39.8 Å². The molecule has 124 valence electrons. The first-order valence-electron chi connectivity index (χ1n) is 6.27. The van der Waals surface area contributed by atoms with E-state index in [4.69, 9.17) is 26.0 Å². The highest BCUT2D eigenvalue weighted by Crippen LogP contribution is 2.26. The van der Waals surface area contributed by atoms with Crippen LogP contribution in [0.25, 0.3) is 0 Å². The largest absolute Gasteiger partial charge is 0.707 e. The van der Waals surface area contributed by atoms with E-state index in [0.29, 0.717) is 0 Å². The van der Waals surface area contributed by atoms with Crippen LogP contribution >= 0.6 is 0 Å². The van der Waals surface area contributed by atoms with Crippen molar-refractivity contribution in [2.75, 3.05) is 5.73 Å². The van der Waals surface area contributed by atoms with Crippen LogP contribution in [0, 0.1) is 10.1 Å². The Morgan fingerprint density at radius 1 is 1.18 bits per heavy atom. The van der Waals surface area contributed by atoms with Crippen molar-refractivity contribution in [1.82, 2.24) is 0 Å². The van der Waals surface area contributed by atoms with Crippen LogP contribution in [0.5, 0.6) is 5.75 Å². The molecule has 10 heteroatoms. The Morgan fingerprint density at radius 3 is 1.95 bits per heavy atom. The Kier molecular flexibility index (Phi) is 6.78. The molecule has 1 aromatic rings. The summed E-state index contributed by atoms with van der Waals surface area (Å²) in [7, 11) is -2.02. The number of nitro groups is 1. The summed E-state index contributed by atoms with van der Waals surface area (Å²) >= 11 is 0. The van der Waals surface area contributed by atoms with Crippen molar-refractivity contribution >= 4 is 18.7 Å². The normalized spacial score (nSPS) is 11.3. The summed E-state index contributed by atoms with van der Waals surface area (Å²) < 4.78 is 4.41. The number of nitrogens with two attached hydrogens (primary N) is 1. The number of nitro benzene ring substituents is 1. The van der Waals surface area contributed by atoms with Gasteiger partial charge < -0.3 is 30.6 Å². The van der Waals surface area contributed by atoms with Crippen molar-refractivity contribution < 1.29 is 29.8 Å². The number of hydrogen-bond donors (Lipinski definition) is 5. The van der Waals surface area contributed by atoms with E-state index in [2.05, 4.69) is 4.65 Å². The minimum Gasteiger partial charge on any atom is -0.512 e. The Balaban J connectivity index is 0.000000472. The van der Waals surface area contributed by atoms with Gasteiger partial charge in [0, 0.05) is 0 Å². The van der Waals surface area contributed by atoms with Crippen molar-refractivity contribution in [2.24, 2.45) is 0 Å². The third-order valence-corrected chi connectivity index (χ3v) is 2.94. The highest BCUT2D eigenvalue weighted by atomic mass is 16.6. The second-order valence-corrected chi connectivity index (χ2v) is 5.54. The molecule has 0 fully saturated rings. The third-order valence-electron chi connectivity index (χ3n) is 2.94. The molecule has 9 nitrogen and oxygen atoms in total. The minimum atomic E-state index is -2.02. The van der Waals surface area contributed by atoms with Crippen LogP contribution in [0.3, 0.4) is 0 Å². The molecular weight excluding hydrogens is 295 g/mol. The van der Waals surface area contributed by atoms with E-state index >= 15 is 0 Å². The number of nitrogen functional groups attached to an aromatic ring is 1. The Labute approximate surface area is 128 Å². The second kappa shape index (κ2) is 7.41. The molecule has 1 rings (SSSR count). The molecule has 0 aliphatic rings. The molecule has 0 aliphatic carbocycles. The van der Waals surface area contributed by atoms with E-state index in [0.717, 1.165) is 6.07 Å². The van der Waals surface area contributed by atoms with E-state index in [9.17, 15) is 10.1 Å². The zero-order valence-electron chi connectivity index (χ0n) is 12.8. The van der Waals surface area contributed by atoms with Crippen LogP contribution in [-0.4, -0.2) is 43.7 Å². The molecule has 0 spiro atoms. The lowest BCUT2D eigenvalue weighted by Crippen LogP contribution is -2.44. The summed E-state index contributed by atoms with van der Waals surface area (Å²) in [5.41, 5.74) is 2.92. The first kappa shape index (κ1) is 20.1. The summed E-state index contributed by atoms with van der Waals surface area (Å²) in [4.78, 5) is 9.72. The fraction of sp³-hybridized carbons (Fsp3) is 0.500. The summed E-state index contributed by atoms with van der Waals surface area (Å²) in [6.07, 6.45) is 0. The van der Waals surface area contributed by atoms with Crippen molar-refractivity contribution in [2.45, 2.75) is 38.9 Å². The zero-order valence-corrected chi connectivity index (χ0v) is 12.8. The molecule has 0 aromatic heterocycles. The molecule has 0 amide bonds. The van der Waals surface area contributed by atoms with Crippen LogP contribution in [0.2, 0.25) is 0 Å². The number of nitrogens with zero attached hydrogens (tertiary/aromatic N) is 1. The molecule has 0 heterocycles. The first-order chi connectivity index (χ1) is 9.75. The monoisotopic (exact) mass is 316 g/mol. The van der Waals surface area contributed by atoms with Crippen LogP contribution in [-0.2, 0) is 0 Å². The number of anilines is 1. The predicted octanol–water partition coefficient (Wildman–Crippen LogP) is 0.0535. The molecule has 22 heavy (non-hydrogen) atoms. The molecular formula is C12H21BN2O7. The Bertz CT molecular complexity index is 497. The average molecular weight is 316 g/mol. The SMILES string of the molecule is CC(C)(O)C(C)(C)O.Nc1ccc(OB(O)O)cc1[N+](=O)[O-]. The molecule has 0 saturated heterocycles. The standard InChI is InChI=1S/C6H7BN2O5.C6H14O2/c8-5-2-1-4(14-7(10)11)3-6(5)9(12)13;1-5(2,7)6(3,4)8/h1-3,10-11H,8H2;7-8H,1-4H3. The van der Waals surface area contributed by atoms with E-state index in [1.807, 2.05) is 0 Å². The van der Waals surface area contributed by atoms with Crippen molar-refractivity contribution in [1.29, 1.82) is 0 Å². The minimum absolute atomic E-state index is 0.0187. The summed E-state index contributed by atoms with van der Waals surface area (Å²) in [6.45, 7) is 6.31.